The zero-order chi connectivity index (χ0) is 20.2. The second kappa shape index (κ2) is 6.50. The molecular weight excluding hydrogens is 396 g/mol. The molecule has 8 heteroatoms. The van der Waals surface area contributed by atoms with E-state index in [1.807, 2.05) is 45.9 Å². The van der Waals surface area contributed by atoms with E-state index in [0.29, 0.717) is 11.6 Å². The minimum Gasteiger partial charge on any atom is -0.348 e. The van der Waals surface area contributed by atoms with Crippen LogP contribution in [0.15, 0.2) is 55.0 Å². The Kier molecular flexibility index (Phi) is 3.76. The first-order chi connectivity index (χ1) is 14.7. The second-order valence-electron chi connectivity index (χ2n) is 7.49. The van der Waals surface area contributed by atoms with Gasteiger partial charge in [-0.05, 0) is 36.8 Å². The van der Waals surface area contributed by atoms with E-state index < -0.39 is 0 Å². The van der Waals surface area contributed by atoms with Crippen LogP contribution in [0.25, 0.3) is 15.7 Å². The van der Waals surface area contributed by atoms with Crippen molar-refractivity contribution in [3.05, 3.63) is 82.6 Å². The number of imidazole rings is 1. The molecule has 0 saturated heterocycles. The summed E-state index contributed by atoms with van der Waals surface area (Å²) in [4.78, 5) is 27.8. The molecule has 0 radical (unpaired) electrons. The highest BCUT2D eigenvalue weighted by Crippen LogP contribution is 2.35. The Morgan fingerprint density at radius 2 is 2.13 bits per heavy atom. The van der Waals surface area contributed by atoms with Crippen molar-refractivity contribution in [1.82, 2.24) is 29.5 Å². The van der Waals surface area contributed by atoms with Crippen LogP contribution in [0.1, 0.15) is 38.5 Å². The summed E-state index contributed by atoms with van der Waals surface area (Å²) in [6.45, 7) is 2.65. The maximum absolute atomic E-state index is 13.6. The van der Waals surface area contributed by atoms with E-state index in [1.165, 1.54) is 11.3 Å². The number of pyridine rings is 1. The standard InChI is InChI=1S/C22H18N6OS/c1-13-5-4-9-28-17(13)11-16(26-28)20-19-15(23-12-24-19)8-10-27(20)22(29)21-25-14-6-2-3-7-18(14)30-21/h2-7,9,11-12,20H,8,10H2,1H3,(H,23,24). The summed E-state index contributed by atoms with van der Waals surface area (Å²) >= 11 is 1.43. The molecule has 0 bridgehead atoms. The van der Waals surface area contributed by atoms with Gasteiger partial charge in [-0.2, -0.15) is 5.10 Å². The smallest absolute Gasteiger partial charge is 0.283 e. The lowest BCUT2D eigenvalue weighted by Crippen LogP contribution is -2.41. The van der Waals surface area contributed by atoms with E-state index in [2.05, 4.69) is 34.0 Å². The van der Waals surface area contributed by atoms with E-state index in [-0.39, 0.29) is 11.9 Å². The van der Waals surface area contributed by atoms with Gasteiger partial charge in [-0.25, -0.2) is 14.5 Å². The molecule has 1 N–H and O–H groups in total. The molecule has 1 aliphatic heterocycles. The fraction of sp³-hybridized carbons (Fsp3) is 0.182. The zero-order valence-electron chi connectivity index (χ0n) is 16.2. The van der Waals surface area contributed by atoms with Crippen LogP contribution >= 0.6 is 11.3 Å². The molecule has 1 atom stereocenters. The molecule has 7 nitrogen and oxygen atoms in total. The maximum Gasteiger partial charge on any atom is 0.283 e. The fourth-order valence-electron chi connectivity index (χ4n) is 4.19. The summed E-state index contributed by atoms with van der Waals surface area (Å²) in [5.74, 6) is -0.0800. The maximum atomic E-state index is 13.6. The summed E-state index contributed by atoms with van der Waals surface area (Å²) in [6.07, 6.45) is 4.36. The highest BCUT2D eigenvalue weighted by atomic mass is 32.1. The minimum atomic E-state index is -0.348. The average molecular weight is 414 g/mol. The van der Waals surface area contributed by atoms with Crippen LogP contribution in [0.4, 0.5) is 0 Å². The van der Waals surface area contributed by atoms with Gasteiger partial charge in [0.05, 0.1) is 33.4 Å². The number of aryl methyl sites for hydroxylation is 1. The van der Waals surface area contributed by atoms with Crippen LogP contribution in [-0.4, -0.2) is 41.9 Å². The second-order valence-corrected chi connectivity index (χ2v) is 8.53. The third kappa shape index (κ3) is 2.57. The van der Waals surface area contributed by atoms with Gasteiger partial charge in [0.2, 0.25) is 0 Å². The normalized spacial score (nSPS) is 16.3. The molecule has 1 aliphatic rings. The highest BCUT2D eigenvalue weighted by molar-refractivity contribution is 7.20. The number of nitrogens with zero attached hydrogens (tertiary/aromatic N) is 5. The number of para-hydroxylation sites is 1. The fourth-order valence-corrected chi connectivity index (χ4v) is 5.11. The van der Waals surface area contributed by atoms with Gasteiger partial charge in [-0.15, -0.1) is 11.3 Å². The molecule has 30 heavy (non-hydrogen) atoms. The predicted molar refractivity (Wildman–Crippen MR) is 115 cm³/mol. The van der Waals surface area contributed by atoms with Gasteiger partial charge in [-0.3, -0.25) is 4.79 Å². The first-order valence-electron chi connectivity index (χ1n) is 9.82. The molecule has 1 aromatic carbocycles. The molecule has 6 rings (SSSR count). The van der Waals surface area contributed by atoms with Crippen LogP contribution < -0.4 is 0 Å². The average Bonchev–Trinajstić information content (AvgIpc) is 3.49. The summed E-state index contributed by atoms with van der Waals surface area (Å²) in [5.41, 5.74) is 5.75. The number of fused-ring (bicyclic) bond motifs is 3. The molecule has 1 amide bonds. The van der Waals surface area contributed by atoms with Gasteiger partial charge in [0.1, 0.15) is 6.04 Å². The van der Waals surface area contributed by atoms with Crippen molar-refractivity contribution >= 4 is 33.0 Å². The molecule has 0 spiro atoms. The summed E-state index contributed by atoms with van der Waals surface area (Å²) in [7, 11) is 0. The largest absolute Gasteiger partial charge is 0.348 e. The number of amides is 1. The number of rotatable bonds is 2. The summed E-state index contributed by atoms with van der Waals surface area (Å²) < 4.78 is 2.88. The van der Waals surface area contributed by atoms with E-state index in [0.717, 1.165) is 44.8 Å². The Morgan fingerprint density at radius 3 is 3.00 bits per heavy atom. The number of carbonyl (C=O) groups excluding carboxylic acids is 1. The van der Waals surface area contributed by atoms with E-state index >= 15 is 0 Å². The molecule has 0 saturated carbocycles. The van der Waals surface area contributed by atoms with E-state index in [1.54, 1.807) is 6.33 Å². The third-order valence-corrected chi connectivity index (χ3v) is 6.70. The van der Waals surface area contributed by atoms with Gasteiger partial charge in [0, 0.05) is 24.9 Å². The first kappa shape index (κ1) is 17.3. The number of aromatic nitrogens is 5. The van der Waals surface area contributed by atoms with Crippen molar-refractivity contribution in [3.8, 4) is 0 Å². The molecular formula is C22H18N6OS. The van der Waals surface area contributed by atoms with Gasteiger partial charge < -0.3 is 9.88 Å². The lowest BCUT2D eigenvalue weighted by Gasteiger charge is -2.33. The lowest BCUT2D eigenvalue weighted by atomic mass is 9.99. The van der Waals surface area contributed by atoms with Crippen molar-refractivity contribution in [2.75, 3.05) is 6.54 Å². The van der Waals surface area contributed by atoms with E-state index in [4.69, 9.17) is 5.10 Å². The van der Waals surface area contributed by atoms with Crippen LogP contribution in [0.5, 0.6) is 0 Å². The predicted octanol–water partition coefficient (Wildman–Crippen LogP) is 3.76. The molecule has 1 unspecified atom stereocenters. The molecule has 5 aromatic rings. The van der Waals surface area contributed by atoms with Crippen molar-refractivity contribution in [2.24, 2.45) is 0 Å². The van der Waals surface area contributed by atoms with Gasteiger partial charge >= 0.3 is 0 Å². The monoisotopic (exact) mass is 414 g/mol. The molecule has 4 aromatic heterocycles. The Hall–Kier alpha value is -3.52. The third-order valence-electron chi connectivity index (χ3n) is 5.67. The first-order valence-corrected chi connectivity index (χ1v) is 10.6. The van der Waals surface area contributed by atoms with Crippen LogP contribution in [0, 0.1) is 6.92 Å². The molecule has 5 heterocycles. The van der Waals surface area contributed by atoms with Crippen LogP contribution in [0.3, 0.4) is 0 Å². The minimum absolute atomic E-state index is 0.0800. The van der Waals surface area contributed by atoms with Gasteiger partial charge in [-0.1, -0.05) is 18.2 Å². The molecule has 0 aliphatic carbocycles. The Labute approximate surface area is 176 Å². The number of aromatic amines is 1. The number of benzene rings is 1. The van der Waals surface area contributed by atoms with Crippen molar-refractivity contribution in [3.63, 3.8) is 0 Å². The number of H-pyrrole nitrogens is 1. The summed E-state index contributed by atoms with van der Waals surface area (Å²) in [5, 5.41) is 5.30. The molecule has 148 valence electrons. The summed E-state index contributed by atoms with van der Waals surface area (Å²) in [6, 6.07) is 13.6. The van der Waals surface area contributed by atoms with Crippen molar-refractivity contribution < 1.29 is 4.79 Å². The number of thiazole rings is 1. The lowest BCUT2D eigenvalue weighted by molar-refractivity contribution is 0.0687. The van der Waals surface area contributed by atoms with Crippen molar-refractivity contribution in [2.45, 2.75) is 19.4 Å². The Morgan fingerprint density at radius 1 is 1.23 bits per heavy atom. The Bertz CT molecular complexity index is 1380. The topological polar surface area (TPSA) is 79.2 Å². The van der Waals surface area contributed by atoms with Crippen molar-refractivity contribution in [1.29, 1.82) is 0 Å². The number of hydrogen-bond donors (Lipinski definition) is 1. The number of carbonyl (C=O) groups is 1. The SMILES string of the molecule is Cc1cccn2nc(C3c4nc[nH]c4CCN3C(=O)c3nc4ccccc4s3)cc12. The number of nitrogens with one attached hydrogen (secondary N) is 1. The van der Waals surface area contributed by atoms with Crippen LogP contribution in [0.2, 0.25) is 0 Å². The highest BCUT2D eigenvalue weighted by Gasteiger charge is 2.37. The van der Waals surface area contributed by atoms with Crippen LogP contribution in [-0.2, 0) is 6.42 Å². The quantitative estimate of drug-likeness (QED) is 0.477. The number of hydrogen-bond acceptors (Lipinski definition) is 5. The van der Waals surface area contributed by atoms with Gasteiger partial charge in [0.15, 0.2) is 5.01 Å². The Balaban J connectivity index is 1.48. The van der Waals surface area contributed by atoms with E-state index in [9.17, 15) is 4.79 Å². The zero-order valence-corrected chi connectivity index (χ0v) is 17.1. The molecule has 0 fully saturated rings. The van der Waals surface area contributed by atoms with Gasteiger partial charge in [0.25, 0.3) is 5.91 Å².